The molecule has 0 saturated carbocycles. The number of nitrogens with two attached hydrogens (primary N) is 1. The van der Waals surface area contributed by atoms with Crippen LogP contribution in [0.2, 0.25) is 0 Å². The summed E-state index contributed by atoms with van der Waals surface area (Å²) < 4.78 is 28.1. The normalized spacial score (nSPS) is 14.1. The molecule has 0 spiro atoms. The van der Waals surface area contributed by atoms with Crippen molar-refractivity contribution in [3.8, 4) is 34.8 Å². The molecule has 0 aromatic heterocycles. The highest BCUT2D eigenvalue weighted by molar-refractivity contribution is 5.91. The Balaban J connectivity index is 1.58. The number of nitriles is 1. The number of rotatable bonds is 10. The fraction of sp³-hybridized carbons (Fsp3) is 0.267. The highest BCUT2D eigenvalue weighted by Gasteiger charge is 2.31. The number of hydrogen-bond acceptors (Lipinski definition) is 8. The van der Waals surface area contributed by atoms with Gasteiger partial charge in [-0.15, -0.1) is 0 Å². The number of unbranched alkanes of at least 4 members (excludes halogenated alkanes) is 1. The molecule has 1 atom stereocenters. The predicted molar refractivity (Wildman–Crippen MR) is 142 cm³/mol. The zero-order chi connectivity index (χ0) is 27.1. The van der Waals surface area contributed by atoms with Crippen LogP contribution in [0.3, 0.4) is 0 Å². The monoisotopic (exact) mass is 514 g/mol. The van der Waals surface area contributed by atoms with E-state index in [9.17, 15) is 10.1 Å². The van der Waals surface area contributed by atoms with E-state index in [-0.39, 0.29) is 17.2 Å². The van der Waals surface area contributed by atoms with Crippen molar-refractivity contribution >= 4 is 5.97 Å². The van der Waals surface area contributed by atoms with Gasteiger partial charge in [-0.2, -0.15) is 5.26 Å². The van der Waals surface area contributed by atoms with E-state index in [1.807, 2.05) is 19.1 Å². The molecule has 1 aliphatic rings. The molecule has 8 heteroatoms. The molecule has 38 heavy (non-hydrogen) atoms. The molecule has 0 radical (unpaired) electrons. The summed E-state index contributed by atoms with van der Waals surface area (Å²) in [5.74, 6) is 1.49. The van der Waals surface area contributed by atoms with E-state index < -0.39 is 11.9 Å². The van der Waals surface area contributed by atoms with Gasteiger partial charge in [0.25, 0.3) is 0 Å². The first-order chi connectivity index (χ1) is 18.5. The average molecular weight is 515 g/mol. The summed E-state index contributed by atoms with van der Waals surface area (Å²) in [4.78, 5) is 12.8. The maximum Gasteiger partial charge on any atom is 0.343 e. The lowest BCUT2D eigenvalue weighted by atomic mass is 9.83. The van der Waals surface area contributed by atoms with E-state index in [4.69, 9.17) is 29.4 Å². The Morgan fingerprint density at radius 3 is 2.45 bits per heavy atom. The van der Waals surface area contributed by atoms with Crippen molar-refractivity contribution in [2.24, 2.45) is 5.73 Å². The van der Waals surface area contributed by atoms with E-state index in [1.165, 1.54) is 0 Å². The molecule has 0 amide bonds. The zero-order valence-electron chi connectivity index (χ0n) is 21.7. The predicted octanol–water partition coefficient (Wildman–Crippen LogP) is 5.71. The third kappa shape index (κ3) is 5.68. The second-order valence-corrected chi connectivity index (χ2v) is 8.58. The molecule has 1 unspecified atom stereocenters. The lowest BCUT2D eigenvalue weighted by Gasteiger charge is -2.27. The van der Waals surface area contributed by atoms with E-state index in [0.717, 1.165) is 18.4 Å². The van der Waals surface area contributed by atoms with Crippen LogP contribution < -0.4 is 29.4 Å². The molecule has 1 heterocycles. The first-order valence-corrected chi connectivity index (χ1v) is 12.5. The van der Waals surface area contributed by atoms with Crippen molar-refractivity contribution in [1.82, 2.24) is 0 Å². The van der Waals surface area contributed by atoms with Crippen molar-refractivity contribution in [1.29, 1.82) is 5.26 Å². The smallest absolute Gasteiger partial charge is 0.343 e. The number of allylic oxidation sites excluding steroid dienone is 1. The standard InChI is InChI=1S/C30H30N2O6/c1-4-6-15-36-21-10-7-19(8-11-21)30(33)37-22-12-13-23-26(17-22)38-29(32)24(18-31)28(23)20-9-14-25(35-5-2)27(16-20)34-3/h7-14,16-17,28H,4-6,15,32H2,1-3H3. The Morgan fingerprint density at radius 2 is 1.76 bits per heavy atom. The minimum absolute atomic E-state index is 0.0139. The maximum absolute atomic E-state index is 12.8. The lowest BCUT2D eigenvalue weighted by molar-refractivity contribution is 0.0734. The molecule has 8 nitrogen and oxygen atoms in total. The van der Waals surface area contributed by atoms with Crippen LogP contribution in [0.5, 0.6) is 28.7 Å². The van der Waals surface area contributed by atoms with Crippen molar-refractivity contribution in [2.75, 3.05) is 20.3 Å². The Hall–Kier alpha value is -4.64. The van der Waals surface area contributed by atoms with Gasteiger partial charge in [-0.05, 0) is 61.4 Å². The minimum atomic E-state index is -0.519. The van der Waals surface area contributed by atoms with Crippen molar-refractivity contribution in [3.63, 3.8) is 0 Å². The Kier molecular flexibility index (Phi) is 8.39. The zero-order valence-corrected chi connectivity index (χ0v) is 21.7. The highest BCUT2D eigenvalue weighted by atomic mass is 16.5. The van der Waals surface area contributed by atoms with Crippen LogP contribution >= 0.6 is 0 Å². The van der Waals surface area contributed by atoms with Gasteiger partial charge in [-0.25, -0.2) is 4.79 Å². The van der Waals surface area contributed by atoms with Crippen LogP contribution in [0.4, 0.5) is 0 Å². The van der Waals surface area contributed by atoms with Gasteiger partial charge in [0.2, 0.25) is 5.88 Å². The number of hydrogen-bond donors (Lipinski definition) is 1. The van der Waals surface area contributed by atoms with Gasteiger partial charge in [0, 0.05) is 11.6 Å². The molecule has 2 N–H and O–H groups in total. The van der Waals surface area contributed by atoms with Gasteiger partial charge >= 0.3 is 5.97 Å². The number of methoxy groups -OCH3 is 1. The summed E-state index contributed by atoms with van der Waals surface area (Å²) in [6.07, 6.45) is 2.01. The van der Waals surface area contributed by atoms with Gasteiger partial charge in [-0.3, -0.25) is 0 Å². The molecular weight excluding hydrogens is 484 g/mol. The fourth-order valence-electron chi connectivity index (χ4n) is 4.17. The van der Waals surface area contributed by atoms with Crippen molar-refractivity contribution in [2.45, 2.75) is 32.6 Å². The highest BCUT2D eigenvalue weighted by Crippen LogP contribution is 2.45. The number of benzene rings is 3. The second-order valence-electron chi connectivity index (χ2n) is 8.58. The molecule has 0 aliphatic carbocycles. The van der Waals surface area contributed by atoms with E-state index in [1.54, 1.807) is 55.6 Å². The molecule has 3 aromatic rings. The molecule has 4 rings (SSSR count). The number of carbonyl (C=O) groups is 1. The van der Waals surface area contributed by atoms with Crippen LogP contribution in [0.15, 0.2) is 72.1 Å². The van der Waals surface area contributed by atoms with E-state index >= 15 is 0 Å². The average Bonchev–Trinajstić information content (AvgIpc) is 2.93. The summed E-state index contributed by atoms with van der Waals surface area (Å²) in [7, 11) is 1.56. The van der Waals surface area contributed by atoms with E-state index in [2.05, 4.69) is 13.0 Å². The molecule has 196 valence electrons. The van der Waals surface area contributed by atoms with Crippen LogP contribution in [0.1, 0.15) is 54.1 Å². The summed E-state index contributed by atoms with van der Waals surface area (Å²) >= 11 is 0. The van der Waals surface area contributed by atoms with Crippen molar-refractivity contribution < 1.29 is 28.5 Å². The summed E-state index contributed by atoms with van der Waals surface area (Å²) in [5, 5.41) is 9.86. The maximum atomic E-state index is 12.8. The number of carbonyl (C=O) groups excluding carboxylic acids is 1. The summed E-state index contributed by atoms with van der Waals surface area (Å²) in [6, 6.07) is 19.5. The molecule has 3 aromatic carbocycles. The van der Waals surface area contributed by atoms with Crippen LogP contribution in [-0.4, -0.2) is 26.3 Å². The SMILES string of the molecule is CCCCOc1ccc(C(=O)Oc2ccc3c(c2)OC(N)=C(C#N)C3c2ccc(OCC)c(OC)c2)cc1. The molecule has 0 bridgehead atoms. The van der Waals surface area contributed by atoms with Gasteiger partial charge in [0.15, 0.2) is 11.5 Å². The van der Waals surface area contributed by atoms with Crippen LogP contribution in [0, 0.1) is 11.3 Å². The summed E-state index contributed by atoms with van der Waals surface area (Å²) in [6.45, 7) is 5.11. The minimum Gasteiger partial charge on any atom is -0.494 e. The van der Waals surface area contributed by atoms with Crippen LogP contribution in [0.25, 0.3) is 0 Å². The van der Waals surface area contributed by atoms with Gasteiger partial charge in [-0.1, -0.05) is 25.5 Å². The topological polar surface area (TPSA) is 113 Å². The van der Waals surface area contributed by atoms with Gasteiger partial charge in [0.1, 0.15) is 28.9 Å². The molecule has 0 fully saturated rings. The molecular formula is C30H30N2O6. The first-order valence-electron chi connectivity index (χ1n) is 12.5. The largest absolute Gasteiger partial charge is 0.494 e. The number of nitrogens with zero attached hydrogens (tertiary/aromatic N) is 1. The Morgan fingerprint density at radius 1 is 1.00 bits per heavy atom. The van der Waals surface area contributed by atoms with Crippen LogP contribution in [-0.2, 0) is 0 Å². The molecule has 0 saturated heterocycles. The first kappa shape index (κ1) is 26.4. The molecule has 1 aliphatic heterocycles. The van der Waals surface area contributed by atoms with Gasteiger partial charge in [0.05, 0.1) is 31.8 Å². The quantitative estimate of drug-likeness (QED) is 0.208. The number of fused-ring (bicyclic) bond motifs is 1. The Labute approximate surface area is 222 Å². The fourth-order valence-corrected chi connectivity index (χ4v) is 4.17. The number of esters is 1. The lowest BCUT2D eigenvalue weighted by Crippen LogP contribution is -2.21. The third-order valence-corrected chi connectivity index (χ3v) is 6.08. The second kappa shape index (κ2) is 12.1. The van der Waals surface area contributed by atoms with E-state index in [0.29, 0.717) is 47.3 Å². The van der Waals surface area contributed by atoms with Gasteiger partial charge < -0.3 is 29.4 Å². The number of ether oxygens (including phenoxy) is 5. The summed E-state index contributed by atoms with van der Waals surface area (Å²) in [5.41, 5.74) is 8.28. The van der Waals surface area contributed by atoms with Crippen molar-refractivity contribution in [3.05, 3.63) is 88.8 Å². The third-order valence-electron chi connectivity index (χ3n) is 6.08. The Bertz CT molecular complexity index is 1370.